The van der Waals surface area contributed by atoms with Crippen LogP contribution in [0, 0.1) is 6.92 Å². The summed E-state index contributed by atoms with van der Waals surface area (Å²) >= 11 is 0. The SMILES string of the molecule is CCCCCCCCCc1c(C)c(=O)oc2cc(O)cc(OC)c12. The first-order chi connectivity index (χ1) is 11.6. The van der Waals surface area contributed by atoms with E-state index in [4.69, 9.17) is 9.15 Å². The molecule has 132 valence electrons. The van der Waals surface area contributed by atoms with Crippen LogP contribution in [0.1, 0.15) is 63.0 Å². The highest BCUT2D eigenvalue weighted by Crippen LogP contribution is 2.34. The normalized spacial score (nSPS) is 11.1. The summed E-state index contributed by atoms with van der Waals surface area (Å²) in [4.78, 5) is 12.1. The predicted octanol–water partition coefficient (Wildman–Crippen LogP) is 5.11. The summed E-state index contributed by atoms with van der Waals surface area (Å²) in [6.07, 6.45) is 9.41. The number of methoxy groups -OCH3 is 1. The molecule has 0 aliphatic heterocycles. The maximum atomic E-state index is 12.1. The fourth-order valence-electron chi connectivity index (χ4n) is 3.17. The third-order valence-corrected chi connectivity index (χ3v) is 4.56. The van der Waals surface area contributed by atoms with Gasteiger partial charge in [0, 0.05) is 17.7 Å². The van der Waals surface area contributed by atoms with E-state index in [9.17, 15) is 9.90 Å². The van der Waals surface area contributed by atoms with Crippen molar-refractivity contribution in [3.63, 3.8) is 0 Å². The van der Waals surface area contributed by atoms with Crippen LogP contribution >= 0.6 is 0 Å². The first-order valence-electron chi connectivity index (χ1n) is 8.91. The zero-order valence-corrected chi connectivity index (χ0v) is 15.0. The van der Waals surface area contributed by atoms with Crippen LogP contribution < -0.4 is 10.4 Å². The van der Waals surface area contributed by atoms with E-state index in [0.717, 1.165) is 30.2 Å². The molecule has 24 heavy (non-hydrogen) atoms. The van der Waals surface area contributed by atoms with Gasteiger partial charge in [-0.25, -0.2) is 4.79 Å². The Morgan fingerprint density at radius 2 is 1.75 bits per heavy atom. The largest absolute Gasteiger partial charge is 0.508 e. The van der Waals surface area contributed by atoms with Crippen LogP contribution in [0.5, 0.6) is 11.5 Å². The molecule has 0 radical (unpaired) electrons. The molecule has 0 saturated heterocycles. The summed E-state index contributed by atoms with van der Waals surface area (Å²) < 4.78 is 10.7. The lowest BCUT2D eigenvalue weighted by atomic mass is 9.98. The molecule has 2 aromatic rings. The van der Waals surface area contributed by atoms with Gasteiger partial charge in [0.25, 0.3) is 0 Å². The zero-order chi connectivity index (χ0) is 17.5. The van der Waals surface area contributed by atoms with E-state index in [-0.39, 0.29) is 11.4 Å². The Balaban J connectivity index is 2.19. The van der Waals surface area contributed by atoms with Crippen LogP contribution in [-0.2, 0) is 6.42 Å². The average molecular weight is 332 g/mol. The maximum Gasteiger partial charge on any atom is 0.339 e. The van der Waals surface area contributed by atoms with Crippen molar-refractivity contribution < 1.29 is 14.3 Å². The van der Waals surface area contributed by atoms with Crippen LogP contribution in [0.4, 0.5) is 0 Å². The molecule has 1 heterocycles. The summed E-state index contributed by atoms with van der Waals surface area (Å²) in [7, 11) is 1.56. The molecule has 0 fully saturated rings. The van der Waals surface area contributed by atoms with Crippen LogP contribution in [0.15, 0.2) is 21.3 Å². The summed E-state index contributed by atoms with van der Waals surface area (Å²) in [5.41, 5.74) is 1.66. The Hall–Kier alpha value is -1.97. The van der Waals surface area contributed by atoms with Gasteiger partial charge in [-0.2, -0.15) is 0 Å². The number of hydrogen-bond acceptors (Lipinski definition) is 4. The molecule has 0 atom stereocenters. The monoisotopic (exact) mass is 332 g/mol. The maximum absolute atomic E-state index is 12.1. The van der Waals surface area contributed by atoms with Gasteiger partial charge in [-0.05, 0) is 25.3 Å². The fourth-order valence-corrected chi connectivity index (χ4v) is 3.17. The van der Waals surface area contributed by atoms with Crippen molar-refractivity contribution in [1.29, 1.82) is 0 Å². The van der Waals surface area contributed by atoms with Gasteiger partial charge >= 0.3 is 5.63 Å². The lowest BCUT2D eigenvalue weighted by Crippen LogP contribution is -2.09. The van der Waals surface area contributed by atoms with Crippen LogP contribution in [-0.4, -0.2) is 12.2 Å². The van der Waals surface area contributed by atoms with Crippen molar-refractivity contribution in [2.75, 3.05) is 7.11 Å². The number of phenols is 1. The van der Waals surface area contributed by atoms with Crippen molar-refractivity contribution >= 4 is 11.0 Å². The van der Waals surface area contributed by atoms with Gasteiger partial charge < -0.3 is 14.3 Å². The van der Waals surface area contributed by atoms with Crippen molar-refractivity contribution in [2.24, 2.45) is 0 Å². The molecule has 1 aromatic heterocycles. The third kappa shape index (κ3) is 4.31. The Labute approximate surface area is 143 Å². The Morgan fingerprint density at radius 3 is 2.42 bits per heavy atom. The minimum atomic E-state index is -0.340. The topological polar surface area (TPSA) is 59.7 Å². The number of fused-ring (bicyclic) bond motifs is 1. The summed E-state index contributed by atoms with van der Waals surface area (Å²) in [5.74, 6) is 0.586. The minimum Gasteiger partial charge on any atom is -0.508 e. The quantitative estimate of drug-likeness (QED) is 0.512. The summed E-state index contributed by atoms with van der Waals surface area (Å²) in [5, 5.41) is 10.6. The standard InChI is InChI=1S/C20H28O4/c1-4-5-6-7-8-9-10-11-16-14(2)20(22)24-18-13-15(21)12-17(23-3)19(16)18/h12-13,21H,4-11H2,1-3H3. The first kappa shape index (κ1) is 18.4. The van der Waals surface area contributed by atoms with E-state index in [1.54, 1.807) is 20.1 Å². The highest BCUT2D eigenvalue weighted by Gasteiger charge is 2.16. The summed E-state index contributed by atoms with van der Waals surface area (Å²) in [6.45, 7) is 4.02. The molecule has 0 aliphatic carbocycles. The van der Waals surface area contributed by atoms with Gasteiger partial charge in [-0.1, -0.05) is 45.4 Å². The molecular formula is C20H28O4. The van der Waals surface area contributed by atoms with E-state index in [1.807, 2.05) is 0 Å². The number of hydrogen-bond donors (Lipinski definition) is 1. The van der Waals surface area contributed by atoms with Crippen LogP contribution in [0.2, 0.25) is 0 Å². The molecule has 4 nitrogen and oxygen atoms in total. The van der Waals surface area contributed by atoms with Crippen LogP contribution in [0.3, 0.4) is 0 Å². The molecular weight excluding hydrogens is 304 g/mol. The third-order valence-electron chi connectivity index (χ3n) is 4.56. The van der Waals surface area contributed by atoms with Gasteiger partial charge in [0.1, 0.15) is 17.1 Å². The second kappa shape index (κ2) is 8.76. The lowest BCUT2D eigenvalue weighted by molar-refractivity contribution is 0.410. The number of benzene rings is 1. The number of phenolic OH excluding ortho intramolecular Hbond substituents is 1. The molecule has 0 bridgehead atoms. The smallest absolute Gasteiger partial charge is 0.339 e. The predicted molar refractivity (Wildman–Crippen MR) is 97.1 cm³/mol. The van der Waals surface area contributed by atoms with E-state index in [2.05, 4.69) is 6.92 Å². The number of rotatable bonds is 9. The number of aromatic hydroxyl groups is 1. The van der Waals surface area contributed by atoms with E-state index in [1.165, 1.54) is 38.2 Å². The molecule has 0 saturated carbocycles. The Kier molecular flexibility index (Phi) is 6.71. The summed E-state index contributed by atoms with van der Waals surface area (Å²) in [6, 6.07) is 3.04. The highest BCUT2D eigenvalue weighted by molar-refractivity contribution is 5.89. The molecule has 2 rings (SSSR count). The number of unbranched alkanes of at least 4 members (excludes halogenated alkanes) is 6. The van der Waals surface area contributed by atoms with E-state index >= 15 is 0 Å². The lowest BCUT2D eigenvalue weighted by Gasteiger charge is -2.12. The second-order valence-electron chi connectivity index (χ2n) is 6.39. The molecule has 1 N–H and O–H groups in total. The molecule has 4 heteroatoms. The molecule has 1 aromatic carbocycles. The average Bonchev–Trinajstić information content (AvgIpc) is 2.56. The van der Waals surface area contributed by atoms with Crippen molar-refractivity contribution in [3.8, 4) is 11.5 Å². The number of ether oxygens (including phenoxy) is 1. The second-order valence-corrected chi connectivity index (χ2v) is 6.39. The minimum absolute atomic E-state index is 0.0354. The van der Waals surface area contributed by atoms with Crippen molar-refractivity contribution in [3.05, 3.63) is 33.7 Å². The molecule has 0 unspecified atom stereocenters. The Bertz CT molecular complexity index is 730. The molecule has 0 spiro atoms. The van der Waals surface area contributed by atoms with Gasteiger partial charge in [0.15, 0.2) is 0 Å². The first-order valence-corrected chi connectivity index (χ1v) is 8.91. The van der Waals surface area contributed by atoms with Gasteiger partial charge in [-0.3, -0.25) is 0 Å². The molecule has 0 amide bonds. The highest BCUT2D eigenvalue weighted by atomic mass is 16.5. The number of aryl methyl sites for hydroxylation is 1. The fraction of sp³-hybridized carbons (Fsp3) is 0.550. The Morgan fingerprint density at radius 1 is 1.08 bits per heavy atom. The van der Waals surface area contributed by atoms with Gasteiger partial charge in [0.05, 0.1) is 12.5 Å². The zero-order valence-electron chi connectivity index (χ0n) is 15.0. The van der Waals surface area contributed by atoms with Crippen LogP contribution in [0.25, 0.3) is 11.0 Å². The van der Waals surface area contributed by atoms with Gasteiger partial charge in [0.2, 0.25) is 0 Å². The van der Waals surface area contributed by atoms with Crippen molar-refractivity contribution in [2.45, 2.75) is 65.2 Å². The van der Waals surface area contributed by atoms with Crippen molar-refractivity contribution in [1.82, 2.24) is 0 Å². The molecule has 0 aliphatic rings. The van der Waals surface area contributed by atoms with E-state index in [0.29, 0.717) is 16.9 Å². The van der Waals surface area contributed by atoms with E-state index < -0.39 is 0 Å². The van der Waals surface area contributed by atoms with Gasteiger partial charge in [-0.15, -0.1) is 0 Å².